The number of rotatable bonds is 4. The predicted octanol–water partition coefficient (Wildman–Crippen LogP) is 2.75. The predicted molar refractivity (Wildman–Crippen MR) is 90.0 cm³/mol. The van der Waals surface area contributed by atoms with Gasteiger partial charge in [0.25, 0.3) is 11.8 Å². The van der Waals surface area contributed by atoms with Gasteiger partial charge in [0.1, 0.15) is 22.7 Å². The Morgan fingerprint density at radius 3 is 2.79 bits per heavy atom. The van der Waals surface area contributed by atoms with Crippen LogP contribution in [-0.2, 0) is 0 Å². The molecule has 1 N–H and O–H groups in total. The van der Waals surface area contributed by atoms with E-state index in [0.29, 0.717) is 16.4 Å². The number of anilines is 1. The second-order valence-corrected chi connectivity index (χ2v) is 5.99. The molecule has 8 heteroatoms. The van der Waals surface area contributed by atoms with E-state index >= 15 is 0 Å². The summed E-state index contributed by atoms with van der Waals surface area (Å²) in [7, 11) is 3.28. The maximum atomic E-state index is 12.3. The van der Waals surface area contributed by atoms with Crippen LogP contribution < -0.4 is 5.32 Å². The third-order valence-electron chi connectivity index (χ3n) is 3.15. The van der Waals surface area contributed by atoms with Crippen LogP contribution in [0.25, 0.3) is 10.6 Å². The van der Waals surface area contributed by atoms with E-state index in [1.165, 1.54) is 28.5 Å². The largest absolute Gasteiger partial charge is 0.472 e. The normalized spacial score (nSPS) is 10.4. The number of furan rings is 1. The van der Waals surface area contributed by atoms with Crippen molar-refractivity contribution in [1.82, 2.24) is 14.9 Å². The van der Waals surface area contributed by atoms with Crippen LogP contribution in [0.3, 0.4) is 0 Å². The average Bonchev–Trinajstić information content (AvgIpc) is 3.25. The van der Waals surface area contributed by atoms with Gasteiger partial charge in [-0.25, -0.2) is 4.98 Å². The molecular formula is C16H14N4O3S. The zero-order valence-corrected chi connectivity index (χ0v) is 13.8. The summed E-state index contributed by atoms with van der Waals surface area (Å²) < 4.78 is 5.01. The summed E-state index contributed by atoms with van der Waals surface area (Å²) >= 11 is 1.35. The smallest absolute Gasteiger partial charge is 0.275 e. The van der Waals surface area contributed by atoms with Crippen LogP contribution in [0.4, 0.5) is 5.69 Å². The Balaban J connectivity index is 1.76. The van der Waals surface area contributed by atoms with Gasteiger partial charge in [-0.1, -0.05) is 0 Å². The summed E-state index contributed by atoms with van der Waals surface area (Å²) in [5.74, 6) is -0.586. The zero-order valence-electron chi connectivity index (χ0n) is 13.0. The molecule has 0 saturated heterocycles. The molecule has 0 aliphatic carbocycles. The molecule has 0 aliphatic rings. The molecule has 3 aromatic heterocycles. The lowest BCUT2D eigenvalue weighted by atomic mass is 10.3. The summed E-state index contributed by atoms with van der Waals surface area (Å²) in [6, 6.07) is 4.93. The number of pyridine rings is 1. The summed E-state index contributed by atoms with van der Waals surface area (Å²) in [4.78, 5) is 33.9. The Morgan fingerprint density at radius 1 is 1.25 bits per heavy atom. The highest BCUT2D eigenvalue weighted by atomic mass is 32.1. The van der Waals surface area contributed by atoms with Crippen molar-refractivity contribution in [2.75, 3.05) is 19.4 Å². The first-order valence-corrected chi connectivity index (χ1v) is 7.89. The lowest BCUT2D eigenvalue weighted by Crippen LogP contribution is -2.23. The van der Waals surface area contributed by atoms with Gasteiger partial charge in [0, 0.05) is 36.9 Å². The van der Waals surface area contributed by atoms with E-state index in [0.717, 1.165) is 5.56 Å². The monoisotopic (exact) mass is 342 g/mol. The molecule has 0 spiro atoms. The van der Waals surface area contributed by atoms with Crippen LogP contribution in [0.15, 0.2) is 46.7 Å². The fraction of sp³-hybridized carbons (Fsp3) is 0.125. The second-order valence-electron chi connectivity index (χ2n) is 5.13. The number of carbonyl (C=O) groups is 2. The van der Waals surface area contributed by atoms with Crippen LogP contribution >= 0.6 is 11.3 Å². The molecule has 3 heterocycles. The summed E-state index contributed by atoms with van der Waals surface area (Å²) in [6.45, 7) is 0. The highest BCUT2D eigenvalue weighted by molar-refractivity contribution is 7.13. The van der Waals surface area contributed by atoms with E-state index < -0.39 is 0 Å². The van der Waals surface area contributed by atoms with Crippen LogP contribution in [0.5, 0.6) is 0 Å². The first-order chi connectivity index (χ1) is 11.5. The molecule has 3 rings (SSSR count). The number of hydrogen-bond acceptors (Lipinski definition) is 6. The minimum atomic E-state index is -0.351. The molecule has 0 saturated carbocycles. The van der Waals surface area contributed by atoms with Gasteiger partial charge in [-0.15, -0.1) is 11.3 Å². The van der Waals surface area contributed by atoms with Crippen LogP contribution in [-0.4, -0.2) is 40.8 Å². The fourth-order valence-corrected chi connectivity index (χ4v) is 2.73. The van der Waals surface area contributed by atoms with Gasteiger partial charge in [0.15, 0.2) is 0 Å². The van der Waals surface area contributed by atoms with Crippen molar-refractivity contribution in [3.05, 3.63) is 53.7 Å². The molecule has 7 nitrogen and oxygen atoms in total. The Kier molecular flexibility index (Phi) is 4.39. The number of hydrogen-bond donors (Lipinski definition) is 1. The van der Waals surface area contributed by atoms with Crippen molar-refractivity contribution in [3.8, 4) is 10.6 Å². The van der Waals surface area contributed by atoms with Crippen molar-refractivity contribution >= 4 is 28.8 Å². The van der Waals surface area contributed by atoms with Gasteiger partial charge < -0.3 is 14.6 Å². The van der Waals surface area contributed by atoms with E-state index in [-0.39, 0.29) is 17.5 Å². The zero-order chi connectivity index (χ0) is 17.1. The molecular weight excluding hydrogens is 328 g/mol. The van der Waals surface area contributed by atoms with E-state index in [1.807, 2.05) is 0 Å². The summed E-state index contributed by atoms with van der Waals surface area (Å²) in [6.07, 6.45) is 4.60. The third kappa shape index (κ3) is 3.33. The molecule has 0 unspecified atom stereocenters. The highest BCUT2D eigenvalue weighted by Gasteiger charge is 2.15. The quantitative estimate of drug-likeness (QED) is 0.787. The van der Waals surface area contributed by atoms with E-state index in [4.69, 9.17) is 4.42 Å². The van der Waals surface area contributed by atoms with Crippen molar-refractivity contribution in [3.63, 3.8) is 0 Å². The Morgan fingerprint density at radius 2 is 2.08 bits per heavy atom. The second kappa shape index (κ2) is 6.63. The van der Waals surface area contributed by atoms with Crippen LogP contribution in [0, 0.1) is 0 Å². The minimum Gasteiger partial charge on any atom is -0.472 e. The fourth-order valence-electron chi connectivity index (χ4n) is 1.95. The average molecular weight is 342 g/mol. The molecule has 0 atom stereocenters. The SMILES string of the molecule is CN(C)C(=O)c1cc(NC(=O)c2csc(-c3ccoc3)n2)ccn1. The standard InChI is InChI=1S/C16H14N4O3S/c1-20(2)16(22)12-7-11(3-5-17-12)18-14(21)13-9-24-15(19-13)10-4-6-23-8-10/h3-9H,1-2H3,(H,17,18,21). The summed E-state index contributed by atoms with van der Waals surface area (Å²) in [5, 5.41) is 5.09. The number of amides is 2. The van der Waals surface area contributed by atoms with Crippen molar-refractivity contribution in [1.29, 1.82) is 0 Å². The molecule has 2 amide bonds. The summed E-state index contributed by atoms with van der Waals surface area (Å²) in [5.41, 5.74) is 1.86. The van der Waals surface area contributed by atoms with Crippen molar-refractivity contribution in [2.24, 2.45) is 0 Å². The van der Waals surface area contributed by atoms with Gasteiger partial charge >= 0.3 is 0 Å². The van der Waals surface area contributed by atoms with Gasteiger partial charge in [-0.05, 0) is 18.2 Å². The topological polar surface area (TPSA) is 88.3 Å². The van der Waals surface area contributed by atoms with Gasteiger partial charge in [-0.2, -0.15) is 0 Å². The number of nitrogens with zero attached hydrogens (tertiary/aromatic N) is 3. The van der Waals surface area contributed by atoms with Gasteiger partial charge in [0.05, 0.1) is 6.26 Å². The molecule has 3 aromatic rings. The van der Waals surface area contributed by atoms with Crippen LogP contribution in [0.2, 0.25) is 0 Å². The maximum Gasteiger partial charge on any atom is 0.275 e. The number of carbonyl (C=O) groups excluding carboxylic acids is 2. The Bertz CT molecular complexity index is 871. The lowest BCUT2D eigenvalue weighted by Gasteiger charge is -2.10. The molecule has 0 aliphatic heterocycles. The Hall–Kier alpha value is -3.00. The highest BCUT2D eigenvalue weighted by Crippen LogP contribution is 2.24. The molecule has 0 aromatic carbocycles. The van der Waals surface area contributed by atoms with Crippen molar-refractivity contribution < 1.29 is 14.0 Å². The number of aromatic nitrogens is 2. The van der Waals surface area contributed by atoms with Crippen molar-refractivity contribution in [2.45, 2.75) is 0 Å². The molecule has 0 radical (unpaired) electrons. The first-order valence-electron chi connectivity index (χ1n) is 7.02. The van der Waals surface area contributed by atoms with E-state index in [2.05, 4.69) is 15.3 Å². The lowest BCUT2D eigenvalue weighted by molar-refractivity contribution is 0.0821. The van der Waals surface area contributed by atoms with Gasteiger partial charge in [-0.3, -0.25) is 14.6 Å². The maximum absolute atomic E-state index is 12.3. The first kappa shape index (κ1) is 15.9. The molecule has 0 fully saturated rings. The Labute approximate surface area is 142 Å². The van der Waals surface area contributed by atoms with Gasteiger partial charge in [0.2, 0.25) is 0 Å². The molecule has 122 valence electrons. The minimum absolute atomic E-state index is 0.234. The molecule has 0 bridgehead atoms. The van der Waals surface area contributed by atoms with E-state index in [9.17, 15) is 9.59 Å². The third-order valence-corrected chi connectivity index (χ3v) is 4.04. The molecule has 24 heavy (non-hydrogen) atoms. The number of nitrogens with one attached hydrogen (secondary N) is 1. The van der Waals surface area contributed by atoms with E-state index in [1.54, 1.807) is 44.1 Å². The number of thiazole rings is 1. The van der Waals surface area contributed by atoms with Crippen LogP contribution in [0.1, 0.15) is 21.0 Å².